The normalized spacial score (nSPS) is 12.3. The van der Waals surface area contributed by atoms with Crippen LogP contribution < -0.4 is 5.73 Å². The van der Waals surface area contributed by atoms with Gasteiger partial charge in [0, 0.05) is 10.3 Å². The molecule has 0 aliphatic carbocycles. The van der Waals surface area contributed by atoms with Crippen LogP contribution in [-0.4, -0.2) is 12.1 Å². The molecule has 0 aliphatic rings. The maximum atomic E-state index is 12.0. The fourth-order valence-corrected chi connectivity index (χ4v) is 2.66. The van der Waals surface area contributed by atoms with Gasteiger partial charge in [-0.25, -0.2) is 4.79 Å². The molecule has 1 aromatic heterocycles. The summed E-state index contributed by atoms with van der Waals surface area (Å²) in [7, 11) is 0. The van der Waals surface area contributed by atoms with Crippen molar-refractivity contribution in [1.82, 2.24) is 0 Å². The minimum absolute atomic E-state index is 0.140. The predicted molar refractivity (Wildman–Crippen MR) is 77.8 cm³/mol. The third-order valence-electron chi connectivity index (χ3n) is 2.31. The Kier molecular flexibility index (Phi) is 4.96. The molecule has 2 N–H and O–H groups in total. The first-order valence-corrected chi connectivity index (χ1v) is 6.97. The monoisotopic (exact) mass is 267 g/mol. The lowest BCUT2D eigenvalue weighted by atomic mass is 10.1. The molecular weight excluding hydrogens is 246 g/mol. The summed E-state index contributed by atoms with van der Waals surface area (Å²) >= 11 is 1.49. The van der Waals surface area contributed by atoms with Crippen LogP contribution in [0.2, 0.25) is 0 Å². The van der Waals surface area contributed by atoms with Gasteiger partial charge in [0.25, 0.3) is 0 Å². The van der Waals surface area contributed by atoms with Crippen LogP contribution in [-0.2, 0) is 4.74 Å². The number of esters is 1. The van der Waals surface area contributed by atoms with Gasteiger partial charge in [0.1, 0.15) is 5.56 Å². The molecule has 3 nitrogen and oxygen atoms in total. The molecule has 0 aromatic carbocycles. The number of hydrogen-bond donors (Lipinski definition) is 1. The first-order valence-electron chi connectivity index (χ1n) is 6.09. The maximum absolute atomic E-state index is 12.0. The molecule has 1 rings (SSSR count). The first-order chi connectivity index (χ1) is 8.32. The van der Waals surface area contributed by atoms with Gasteiger partial charge >= 0.3 is 5.97 Å². The zero-order valence-electron chi connectivity index (χ0n) is 11.6. The highest BCUT2D eigenvalue weighted by molar-refractivity contribution is 7.12. The second kappa shape index (κ2) is 6.05. The number of nitrogens with two attached hydrogens (primary N) is 1. The summed E-state index contributed by atoms with van der Waals surface area (Å²) in [5, 5.41) is 1.80. The van der Waals surface area contributed by atoms with Gasteiger partial charge in [0.15, 0.2) is 0 Å². The van der Waals surface area contributed by atoms with Crippen molar-refractivity contribution < 1.29 is 9.53 Å². The Balaban J connectivity index is 3.13. The lowest BCUT2D eigenvalue weighted by molar-refractivity contribution is 0.0379. The lowest BCUT2D eigenvalue weighted by Gasteiger charge is -2.10. The van der Waals surface area contributed by atoms with Gasteiger partial charge in [-0.15, -0.1) is 11.3 Å². The molecule has 4 heteroatoms. The van der Waals surface area contributed by atoms with Crippen LogP contribution >= 0.6 is 11.3 Å². The second-order valence-corrected chi connectivity index (χ2v) is 5.82. The highest BCUT2D eigenvalue weighted by Gasteiger charge is 2.20. The molecule has 0 atom stereocenters. The molecule has 0 aliphatic heterocycles. The minimum Gasteiger partial charge on any atom is -0.459 e. The van der Waals surface area contributed by atoms with E-state index in [0.717, 1.165) is 10.5 Å². The molecule has 0 bridgehead atoms. The molecule has 0 radical (unpaired) electrons. The smallest absolute Gasteiger partial charge is 0.341 e. The fourth-order valence-electron chi connectivity index (χ4n) is 1.72. The van der Waals surface area contributed by atoms with Crippen LogP contribution in [0.1, 0.15) is 49.9 Å². The molecular formula is C14H21NO2S. The molecule has 0 amide bonds. The van der Waals surface area contributed by atoms with Crippen LogP contribution in [0.4, 0.5) is 5.69 Å². The molecule has 1 aromatic rings. The molecule has 0 spiro atoms. The maximum Gasteiger partial charge on any atom is 0.341 e. The Bertz CT molecular complexity index is 458. The number of rotatable bonds is 4. The summed E-state index contributed by atoms with van der Waals surface area (Å²) in [4.78, 5) is 12.9. The van der Waals surface area contributed by atoms with Crippen molar-refractivity contribution >= 4 is 28.6 Å². The first kappa shape index (κ1) is 14.8. The topological polar surface area (TPSA) is 52.3 Å². The number of anilines is 1. The van der Waals surface area contributed by atoms with Gasteiger partial charge < -0.3 is 10.5 Å². The average molecular weight is 267 g/mol. The highest BCUT2D eigenvalue weighted by Crippen LogP contribution is 2.32. The van der Waals surface area contributed by atoms with Crippen LogP contribution in [0.25, 0.3) is 5.57 Å². The zero-order chi connectivity index (χ0) is 13.9. The summed E-state index contributed by atoms with van der Waals surface area (Å²) in [6, 6.07) is 0. The largest absolute Gasteiger partial charge is 0.459 e. The van der Waals surface area contributed by atoms with E-state index >= 15 is 0 Å². The number of allylic oxidation sites excluding steroid dienone is 2. The fraction of sp³-hybridized carbons (Fsp3) is 0.500. The molecule has 0 saturated heterocycles. The number of nitrogen functional groups attached to an aromatic ring is 1. The van der Waals surface area contributed by atoms with E-state index in [-0.39, 0.29) is 12.1 Å². The summed E-state index contributed by atoms with van der Waals surface area (Å²) in [6.07, 6.45) is 1.98. The molecule has 1 heterocycles. The van der Waals surface area contributed by atoms with Crippen molar-refractivity contribution in [3.05, 3.63) is 21.9 Å². The minimum atomic E-state index is -0.338. The van der Waals surface area contributed by atoms with E-state index in [0.29, 0.717) is 17.2 Å². The van der Waals surface area contributed by atoms with Crippen molar-refractivity contribution in [1.29, 1.82) is 0 Å². The Morgan fingerprint density at radius 3 is 2.50 bits per heavy atom. The number of carbonyl (C=O) groups excluding carboxylic acids is 1. The second-order valence-electron chi connectivity index (χ2n) is 4.94. The van der Waals surface area contributed by atoms with E-state index < -0.39 is 0 Å². The Morgan fingerprint density at radius 1 is 1.39 bits per heavy atom. The van der Waals surface area contributed by atoms with Gasteiger partial charge in [0.05, 0.1) is 11.8 Å². The van der Waals surface area contributed by atoms with Crippen LogP contribution in [0.5, 0.6) is 0 Å². The summed E-state index contributed by atoms with van der Waals surface area (Å²) in [5.41, 5.74) is 7.94. The van der Waals surface area contributed by atoms with E-state index in [4.69, 9.17) is 10.5 Å². The van der Waals surface area contributed by atoms with Crippen molar-refractivity contribution in [2.75, 3.05) is 5.73 Å². The standard InChI is InChI=1S/C14H21NO2S/c1-8(2)6-10(5)13-12(11(15)7-18-13)14(16)17-9(3)4/h6-9H,15H2,1-5H3/b10-6-. The summed E-state index contributed by atoms with van der Waals surface area (Å²) in [5.74, 6) is 0.0950. The van der Waals surface area contributed by atoms with Gasteiger partial charge in [-0.05, 0) is 32.3 Å². The number of carbonyl (C=O) groups is 1. The molecule has 0 fully saturated rings. The van der Waals surface area contributed by atoms with Crippen LogP contribution in [0.3, 0.4) is 0 Å². The van der Waals surface area contributed by atoms with Crippen molar-refractivity contribution in [3.8, 4) is 0 Å². The van der Waals surface area contributed by atoms with E-state index in [9.17, 15) is 4.79 Å². The van der Waals surface area contributed by atoms with Gasteiger partial charge in [-0.3, -0.25) is 0 Å². The van der Waals surface area contributed by atoms with Crippen molar-refractivity contribution in [3.63, 3.8) is 0 Å². The average Bonchev–Trinajstić information content (AvgIpc) is 2.57. The lowest BCUT2D eigenvalue weighted by Crippen LogP contribution is -2.13. The molecule has 100 valence electrons. The Morgan fingerprint density at radius 2 is 2.00 bits per heavy atom. The van der Waals surface area contributed by atoms with E-state index in [1.165, 1.54) is 11.3 Å². The Labute approximate surface area is 113 Å². The highest BCUT2D eigenvalue weighted by atomic mass is 32.1. The summed E-state index contributed by atoms with van der Waals surface area (Å²) < 4.78 is 5.23. The number of thiophene rings is 1. The predicted octanol–water partition coefficient (Wildman–Crippen LogP) is 3.95. The number of hydrogen-bond acceptors (Lipinski definition) is 4. The summed E-state index contributed by atoms with van der Waals surface area (Å²) in [6.45, 7) is 9.87. The van der Waals surface area contributed by atoms with Crippen LogP contribution in [0.15, 0.2) is 11.5 Å². The van der Waals surface area contributed by atoms with Gasteiger partial charge in [-0.2, -0.15) is 0 Å². The van der Waals surface area contributed by atoms with Gasteiger partial charge in [0.2, 0.25) is 0 Å². The van der Waals surface area contributed by atoms with Crippen molar-refractivity contribution in [2.45, 2.75) is 40.7 Å². The molecule has 18 heavy (non-hydrogen) atoms. The third kappa shape index (κ3) is 3.60. The third-order valence-corrected chi connectivity index (χ3v) is 3.44. The van der Waals surface area contributed by atoms with Crippen LogP contribution in [0, 0.1) is 5.92 Å². The molecule has 0 unspecified atom stereocenters. The van der Waals surface area contributed by atoms with E-state index in [1.807, 2.05) is 20.8 Å². The quantitative estimate of drug-likeness (QED) is 0.840. The molecule has 0 saturated carbocycles. The van der Waals surface area contributed by atoms with E-state index in [1.54, 1.807) is 5.38 Å². The van der Waals surface area contributed by atoms with E-state index in [2.05, 4.69) is 19.9 Å². The van der Waals surface area contributed by atoms with Gasteiger partial charge in [-0.1, -0.05) is 19.9 Å². The number of ether oxygens (including phenoxy) is 1. The Hall–Kier alpha value is -1.29. The van der Waals surface area contributed by atoms with Crippen molar-refractivity contribution in [2.24, 2.45) is 5.92 Å². The SMILES string of the molecule is C/C(=C/C(C)C)c1scc(N)c1C(=O)OC(C)C. The zero-order valence-corrected chi connectivity index (χ0v) is 12.4.